The maximum absolute atomic E-state index is 12.0. The molecule has 3 N–H and O–H groups in total. The first-order valence-electron chi connectivity index (χ1n) is 4.65. The zero-order valence-corrected chi connectivity index (χ0v) is 8.99. The van der Waals surface area contributed by atoms with Crippen LogP contribution in [0.15, 0.2) is 18.2 Å². The van der Waals surface area contributed by atoms with E-state index in [1.807, 2.05) is 0 Å². The maximum Gasteiger partial charge on any atom is 0.417 e. The summed E-state index contributed by atoms with van der Waals surface area (Å²) in [5.41, 5.74) is 5.86. The summed E-state index contributed by atoms with van der Waals surface area (Å²) >= 11 is 0. The van der Waals surface area contributed by atoms with Gasteiger partial charge in [-0.3, -0.25) is 0 Å². The van der Waals surface area contributed by atoms with Gasteiger partial charge in [-0.25, -0.2) is 0 Å². The highest BCUT2D eigenvalue weighted by Crippen LogP contribution is 2.30. The molecule has 1 aromatic rings. The molecular weight excluding hydrogens is 239 g/mol. The third-order valence-electron chi connectivity index (χ3n) is 1.96. The molecule has 4 nitrogen and oxygen atoms in total. The van der Waals surface area contributed by atoms with Gasteiger partial charge in [0.1, 0.15) is 6.61 Å². The highest BCUT2D eigenvalue weighted by atomic mass is 19.4. The van der Waals surface area contributed by atoms with Crippen molar-refractivity contribution in [1.82, 2.24) is 0 Å². The monoisotopic (exact) mass is 251 g/mol. The molecule has 0 saturated heterocycles. The van der Waals surface area contributed by atoms with Crippen LogP contribution in [0.4, 0.5) is 18.9 Å². The largest absolute Gasteiger partial charge is 0.493 e. The Morgan fingerprint density at radius 1 is 1.35 bits per heavy atom. The summed E-state index contributed by atoms with van der Waals surface area (Å²) in [6, 6.07) is 4.24. The molecule has 1 rings (SSSR count). The van der Waals surface area contributed by atoms with E-state index in [1.165, 1.54) is 25.3 Å². The van der Waals surface area contributed by atoms with Crippen molar-refractivity contribution in [2.45, 2.75) is 12.3 Å². The number of aliphatic hydroxyl groups is 1. The number of alkyl halides is 3. The van der Waals surface area contributed by atoms with Crippen LogP contribution in [-0.2, 0) is 0 Å². The topological polar surface area (TPSA) is 64.7 Å². The SMILES string of the molecule is COc1cc(N)ccc1OCC(O)C(F)(F)F. The van der Waals surface area contributed by atoms with E-state index in [0.717, 1.165) is 0 Å². The van der Waals surface area contributed by atoms with Crippen LogP contribution in [0.3, 0.4) is 0 Å². The normalized spacial score (nSPS) is 13.2. The molecule has 0 fully saturated rings. The van der Waals surface area contributed by atoms with E-state index < -0.39 is 18.9 Å². The number of ether oxygens (including phenoxy) is 2. The quantitative estimate of drug-likeness (QED) is 0.797. The molecule has 1 atom stereocenters. The van der Waals surface area contributed by atoms with Gasteiger partial charge >= 0.3 is 6.18 Å². The van der Waals surface area contributed by atoms with E-state index in [4.69, 9.17) is 20.3 Å². The molecule has 0 bridgehead atoms. The second kappa shape index (κ2) is 5.13. The van der Waals surface area contributed by atoms with Crippen LogP contribution >= 0.6 is 0 Å². The van der Waals surface area contributed by atoms with Crippen molar-refractivity contribution < 1.29 is 27.8 Å². The molecule has 0 saturated carbocycles. The van der Waals surface area contributed by atoms with Gasteiger partial charge in [0.2, 0.25) is 0 Å². The van der Waals surface area contributed by atoms with E-state index in [2.05, 4.69) is 0 Å². The van der Waals surface area contributed by atoms with Crippen LogP contribution < -0.4 is 15.2 Å². The fourth-order valence-corrected chi connectivity index (χ4v) is 1.07. The number of nitrogens with two attached hydrogens (primary N) is 1. The lowest BCUT2D eigenvalue weighted by Crippen LogP contribution is -2.34. The van der Waals surface area contributed by atoms with E-state index in [0.29, 0.717) is 5.69 Å². The van der Waals surface area contributed by atoms with Gasteiger partial charge in [0.25, 0.3) is 0 Å². The smallest absolute Gasteiger partial charge is 0.417 e. The molecule has 0 aliphatic carbocycles. The summed E-state index contributed by atoms with van der Waals surface area (Å²) in [7, 11) is 1.34. The van der Waals surface area contributed by atoms with Crippen molar-refractivity contribution in [2.24, 2.45) is 0 Å². The van der Waals surface area contributed by atoms with E-state index >= 15 is 0 Å². The molecule has 0 aliphatic rings. The summed E-state index contributed by atoms with van der Waals surface area (Å²) in [5.74, 6) is 0.296. The van der Waals surface area contributed by atoms with Gasteiger partial charge in [-0.15, -0.1) is 0 Å². The lowest BCUT2D eigenvalue weighted by molar-refractivity contribution is -0.210. The molecule has 1 unspecified atom stereocenters. The fourth-order valence-electron chi connectivity index (χ4n) is 1.07. The molecule has 0 heterocycles. The number of aliphatic hydroxyl groups excluding tert-OH is 1. The molecule has 0 aliphatic heterocycles. The second-order valence-corrected chi connectivity index (χ2v) is 3.28. The number of benzene rings is 1. The van der Waals surface area contributed by atoms with Gasteiger partial charge in [0, 0.05) is 11.8 Å². The van der Waals surface area contributed by atoms with Crippen molar-refractivity contribution in [3.05, 3.63) is 18.2 Å². The lowest BCUT2D eigenvalue weighted by atomic mass is 10.3. The van der Waals surface area contributed by atoms with Gasteiger partial charge in [0.15, 0.2) is 17.6 Å². The first-order valence-corrected chi connectivity index (χ1v) is 4.65. The average Bonchev–Trinajstić information content (AvgIpc) is 2.25. The number of methoxy groups -OCH3 is 1. The Hall–Kier alpha value is -1.63. The second-order valence-electron chi connectivity index (χ2n) is 3.28. The van der Waals surface area contributed by atoms with Gasteiger partial charge in [-0.2, -0.15) is 13.2 Å². The van der Waals surface area contributed by atoms with Gasteiger partial charge in [-0.1, -0.05) is 0 Å². The van der Waals surface area contributed by atoms with Crippen LogP contribution in [-0.4, -0.2) is 31.1 Å². The number of rotatable bonds is 4. The minimum Gasteiger partial charge on any atom is -0.493 e. The van der Waals surface area contributed by atoms with E-state index in [1.54, 1.807) is 0 Å². The van der Waals surface area contributed by atoms with Gasteiger partial charge in [-0.05, 0) is 12.1 Å². The van der Waals surface area contributed by atoms with Crippen LogP contribution in [0.25, 0.3) is 0 Å². The Morgan fingerprint density at radius 3 is 2.53 bits per heavy atom. The summed E-state index contributed by atoms with van der Waals surface area (Å²) in [4.78, 5) is 0. The standard InChI is InChI=1S/C10H12F3NO3/c1-16-8-4-6(14)2-3-7(8)17-5-9(15)10(11,12)13/h2-4,9,15H,5,14H2,1H3. The molecule has 1 aromatic carbocycles. The molecule has 0 radical (unpaired) electrons. The van der Waals surface area contributed by atoms with Crippen LogP contribution in [0.1, 0.15) is 0 Å². The number of halogens is 3. The van der Waals surface area contributed by atoms with Crippen molar-refractivity contribution in [3.8, 4) is 11.5 Å². The lowest BCUT2D eigenvalue weighted by Gasteiger charge is -2.16. The Bertz CT molecular complexity index is 382. The van der Waals surface area contributed by atoms with E-state index in [-0.39, 0.29) is 11.5 Å². The van der Waals surface area contributed by atoms with Crippen LogP contribution in [0.5, 0.6) is 11.5 Å². The summed E-state index contributed by atoms with van der Waals surface area (Å²) in [6.07, 6.45) is -7.24. The van der Waals surface area contributed by atoms with Crippen molar-refractivity contribution >= 4 is 5.69 Å². The minimum absolute atomic E-state index is 0.0880. The summed E-state index contributed by atoms with van der Waals surface area (Å²) in [6.45, 7) is -0.899. The number of hydrogen-bond acceptors (Lipinski definition) is 4. The molecule has 17 heavy (non-hydrogen) atoms. The van der Waals surface area contributed by atoms with Gasteiger partial charge < -0.3 is 20.3 Å². The molecule has 96 valence electrons. The first kappa shape index (κ1) is 13.4. The highest BCUT2D eigenvalue weighted by molar-refractivity contribution is 5.51. The summed E-state index contributed by atoms with van der Waals surface area (Å²) < 4.78 is 45.7. The predicted molar refractivity (Wildman–Crippen MR) is 55.0 cm³/mol. The Balaban J connectivity index is 2.69. The summed E-state index contributed by atoms with van der Waals surface area (Å²) in [5, 5.41) is 8.75. The number of nitrogen functional groups attached to an aromatic ring is 1. The zero-order chi connectivity index (χ0) is 13.1. The molecule has 0 amide bonds. The van der Waals surface area contributed by atoms with E-state index in [9.17, 15) is 13.2 Å². The first-order chi connectivity index (χ1) is 7.84. The number of hydrogen-bond donors (Lipinski definition) is 2. The van der Waals surface area contributed by atoms with Crippen molar-refractivity contribution in [3.63, 3.8) is 0 Å². The zero-order valence-electron chi connectivity index (χ0n) is 8.99. The third-order valence-corrected chi connectivity index (χ3v) is 1.96. The van der Waals surface area contributed by atoms with Gasteiger partial charge in [0.05, 0.1) is 7.11 Å². The molecule has 0 aromatic heterocycles. The molecule has 7 heteroatoms. The maximum atomic E-state index is 12.0. The molecular formula is C10H12F3NO3. The molecule has 0 spiro atoms. The van der Waals surface area contributed by atoms with Crippen molar-refractivity contribution in [1.29, 1.82) is 0 Å². The Labute approximate surface area is 95.7 Å². The van der Waals surface area contributed by atoms with Crippen LogP contribution in [0, 0.1) is 0 Å². The number of anilines is 1. The van der Waals surface area contributed by atoms with Crippen LogP contribution in [0.2, 0.25) is 0 Å². The fraction of sp³-hybridized carbons (Fsp3) is 0.400. The van der Waals surface area contributed by atoms with Crippen molar-refractivity contribution in [2.75, 3.05) is 19.5 Å². The predicted octanol–water partition coefficient (Wildman–Crippen LogP) is 1.58. The highest BCUT2D eigenvalue weighted by Gasteiger charge is 2.38. The Kier molecular flexibility index (Phi) is 4.06. The third kappa shape index (κ3) is 3.70. The average molecular weight is 251 g/mol. The minimum atomic E-state index is -4.71. The Morgan fingerprint density at radius 2 is 2.00 bits per heavy atom.